The predicted molar refractivity (Wildman–Crippen MR) is 108 cm³/mol. The van der Waals surface area contributed by atoms with Crippen LogP contribution in [0, 0.1) is 11.7 Å². The number of hydrogen-bond donors (Lipinski definition) is 1. The first-order valence-electron chi connectivity index (χ1n) is 10.0. The van der Waals surface area contributed by atoms with Gasteiger partial charge in [-0.3, -0.25) is 9.36 Å². The lowest BCUT2D eigenvalue weighted by molar-refractivity contribution is 0.0476. The molecule has 1 fully saturated rings. The minimum atomic E-state index is -0.843. The monoisotopic (exact) mass is 424 g/mol. The third kappa shape index (κ3) is 4.73. The van der Waals surface area contributed by atoms with Crippen molar-refractivity contribution in [3.05, 3.63) is 66.7 Å². The van der Waals surface area contributed by atoms with Gasteiger partial charge in [-0.15, -0.1) is 0 Å². The number of halogens is 2. The Kier molecular flexibility index (Phi) is 7.14. The average molecular weight is 425 g/mol. The molecule has 0 unspecified atom stereocenters. The number of nitrogens with zero attached hydrogens (tertiary/aromatic N) is 2. The minimum absolute atomic E-state index is 0.00145. The lowest BCUT2D eigenvalue weighted by Crippen LogP contribution is -2.43. The molecule has 6 nitrogen and oxygen atoms in total. The van der Waals surface area contributed by atoms with Crippen molar-refractivity contribution in [2.24, 2.45) is 5.92 Å². The Morgan fingerprint density at radius 1 is 1.24 bits per heavy atom. The Balaban J connectivity index is 1.89. The summed E-state index contributed by atoms with van der Waals surface area (Å²) in [5.74, 6) is -0.177. The van der Waals surface area contributed by atoms with Crippen molar-refractivity contribution in [3.63, 3.8) is 0 Å². The van der Waals surface area contributed by atoms with Gasteiger partial charge in [0, 0.05) is 16.8 Å². The molecule has 0 amide bonds. The predicted octanol–water partition coefficient (Wildman–Crippen LogP) is 3.90. The molecule has 0 bridgehead atoms. The highest BCUT2D eigenvalue weighted by Gasteiger charge is 2.22. The molecule has 1 heterocycles. The summed E-state index contributed by atoms with van der Waals surface area (Å²) in [6.07, 6.45) is 6.56. The molecule has 0 atom stereocenters. The highest BCUT2D eigenvalue weighted by Crippen LogP contribution is 2.27. The van der Waals surface area contributed by atoms with E-state index in [0.29, 0.717) is 30.0 Å². The van der Waals surface area contributed by atoms with Gasteiger partial charge in [0.15, 0.2) is 0 Å². The number of aromatic nitrogens is 2. The fourth-order valence-corrected chi connectivity index (χ4v) is 4.22. The molecule has 0 spiro atoms. The Morgan fingerprint density at radius 2 is 1.97 bits per heavy atom. The zero-order valence-corrected chi connectivity index (χ0v) is 17.3. The minimum Gasteiger partial charge on any atom is -0.421 e. The molecule has 3 rings (SSSR count). The topological polar surface area (TPSA) is 73.5 Å². The maximum Gasteiger partial charge on any atom is 0.366 e. The number of hydrogen-bond acceptors (Lipinski definition) is 4. The van der Waals surface area contributed by atoms with Crippen molar-refractivity contribution in [1.29, 1.82) is 0 Å². The molecule has 2 aromatic rings. The van der Waals surface area contributed by atoms with Crippen LogP contribution < -0.4 is 11.2 Å². The van der Waals surface area contributed by atoms with Gasteiger partial charge < -0.3 is 9.94 Å². The van der Waals surface area contributed by atoms with Crippen LogP contribution in [0.15, 0.2) is 27.8 Å². The van der Waals surface area contributed by atoms with Gasteiger partial charge in [-0.2, -0.15) is 0 Å². The van der Waals surface area contributed by atoms with Gasteiger partial charge in [0.2, 0.25) is 0 Å². The molecule has 158 valence electrons. The summed E-state index contributed by atoms with van der Waals surface area (Å²) in [5, 5.41) is 9.96. The maximum atomic E-state index is 14.1. The summed E-state index contributed by atoms with van der Waals surface area (Å²) in [6, 6.07) is 4.62. The van der Waals surface area contributed by atoms with E-state index in [1.807, 2.05) is 6.92 Å². The summed E-state index contributed by atoms with van der Waals surface area (Å²) in [4.78, 5) is 25.0. The van der Waals surface area contributed by atoms with Gasteiger partial charge in [0.1, 0.15) is 12.5 Å². The summed E-state index contributed by atoms with van der Waals surface area (Å²) in [6.45, 7) is 1.53. The second kappa shape index (κ2) is 9.59. The first-order chi connectivity index (χ1) is 13.9. The standard InChI is InChI=1S/C21H26ClFN2O4/c1-2-16-18(11-14-7-4-3-5-8-14)24(21(27)25(28)20(16)26)13-29-12-15-9-6-10-17(22)19(15)23/h6,9-10,14,28H,2-5,7-8,11-13H2,1H3. The van der Waals surface area contributed by atoms with E-state index in [-0.39, 0.29) is 28.7 Å². The van der Waals surface area contributed by atoms with Crippen molar-refractivity contribution < 1.29 is 14.3 Å². The van der Waals surface area contributed by atoms with E-state index in [9.17, 15) is 19.2 Å². The van der Waals surface area contributed by atoms with E-state index in [2.05, 4.69) is 0 Å². The first kappa shape index (κ1) is 21.6. The van der Waals surface area contributed by atoms with Gasteiger partial charge in [0.05, 0.1) is 11.6 Å². The van der Waals surface area contributed by atoms with E-state index in [1.165, 1.54) is 17.1 Å². The molecule has 1 aliphatic carbocycles. The molecule has 0 radical (unpaired) electrons. The van der Waals surface area contributed by atoms with Crippen molar-refractivity contribution in [1.82, 2.24) is 9.30 Å². The Morgan fingerprint density at radius 3 is 2.66 bits per heavy atom. The second-order valence-electron chi connectivity index (χ2n) is 7.51. The summed E-state index contributed by atoms with van der Waals surface area (Å²) in [7, 11) is 0. The Bertz CT molecular complexity index is 980. The van der Waals surface area contributed by atoms with E-state index in [1.54, 1.807) is 12.1 Å². The van der Waals surface area contributed by atoms with E-state index >= 15 is 0 Å². The normalized spacial score (nSPS) is 15.0. The molecule has 8 heteroatoms. The van der Waals surface area contributed by atoms with Crippen LogP contribution in [0.4, 0.5) is 4.39 Å². The average Bonchev–Trinajstić information content (AvgIpc) is 2.73. The molecule has 1 aliphatic rings. The van der Waals surface area contributed by atoms with E-state index < -0.39 is 17.1 Å². The molecule has 0 saturated heterocycles. The molecule has 29 heavy (non-hydrogen) atoms. The van der Waals surface area contributed by atoms with Crippen LogP contribution in [0.5, 0.6) is 0 Å². The van der Waals surface area contributed by atoms with Crippen LogP contribution in [0.2, 0.25) is 5.02 Å². The molecule has 1 N–H and O–H groups in total. The zero-order valence-electron chi connectivity index (χ0n) is 16.5. The van der Waals surface area contributed by atoms with Crippen LogP contribution in [0.25, 0.3) is 0 Å². The zero-order chi connectivity index (χ0) is 21.0. The van der Waals surface area contributed by atoms with Crippen LogP contribution in [-0.4, -0.2) is 14.5 Å². The number of rotatable bonds is 7. The summed E-state index contributed by atoms with van der Waals surface area (Å²) >= 11 is 5.79. The maximum absolute atomic E-state index is 14.1. The van der Waals surface area contributed by atoms with Crippen LogP contribution in [-0.2, 0) is 30.9 Å². The fourth-order valence-electron chi connectivity index (χ4n) is 4.02. The number of ether oxygens (including phenoxy) is 1. The quantitative estimate of drug-likeness (QED) is 0.684. The molecular formula is C21H26ClFN2O4. The van der Waals surface area contributed by atoms with Crippen molar-refractivity contribution in [2.45, 2.75) is 65.2 Å². The second-order valence-corrected chi connectivity index (χ2v) is 7.91. The highest BCUT2D eigenvalue weighted by molar-refractivity contribution is 6.30. The van der Waals surface area contributed by atoms with Crippen molar-refractivity contribution in [3.8, 4) is 0 Å². The first-order valence-corrected chi connectivity index (χ1v) is 10.4. The van der Waals surface area contributed by atoms with Gasteiger partial charge in [-0.1, -0.05) is 67.5 Å². The van der Waals surface area contributed by atoms with Gasteiger partial charge in [-0.25, -0.2) is 9.18 Å². The Labute approximate surface area is 173 Å². The SMILES string of the molecule is CCc1c(CC2CCCCC2)n(COCc2cccc(Cl)c2F)c(=O)n(O)c1=O. The largest absolute Gasteiger partial charge is 0.421 e. The molecule has 0 aliphatic heterocycles. The fraction of sp³-hybridized carbons (Fsp3) is 0.524. The van der Waals surface area contributed by atoms with Gasteiger partial charge in [-0.05, 0) is 24.8 Å². The third-order valence-corrected chi connectivity index (χ3v) is 5.90. The Hall–Kier alpha value is -2.12. The van der Waals surface area contributed by atoms with E-state index in [0.717, 1.165) is 25.7 Å². The van der Waals surface area contributed by atoms with Gasteiger partial charge in [0.25, 0.3) is 5.56 Å². The van der Waals surface area contributed by atoms with Crippen molar-refractivity contribution >= 4 is 11.6 Å². The molecular weight excluding hydrogens is 399 g/mol. The lowest BCUT2D eigenvalue weighted by Gasteiger charge is -2.24. The number of benzene rings is 1. The smallest absolute Gasteiger partial charge is 0.366 e. The molecule has 1 aromatic heterocycles. The highest BCUT2D eigenvalue weighted by atomic mass is 35.5. The van der Waals surface area contributed by atoms with Crippen molar-refractivity contribution in [2.75, 3.05) is 0 Å². The molecule has 1 saturated carbocycles. The van der Waals surface area contributed by atoms with Crippen LogP contribution >= 0.6 is 11.6 Å². The van der Waals surface area contributed by atoms with Gasteiger partial charge >= 0.3 is 5.69 Å². The van der Waals surface area contributed by atoms with Crippen LogP contribution in [0.3, 0.4) is 0 Å². The molecule has 1 aromatic carbocycles. The van der Waals surface area contributed by atoms with Crippen LogP contribution in [0.1, 0.15) is 55.8 Å². The summed E-state index contributed by atoms with van der Waals surface area (Å²) < 4.78 is 21.1. The van der Waals surface area contributed by atoms with E-state index in [4.69, 9.17) is 16.3 Å². The lowest BCUT2D eigenvalue weighted by atomic mass is 9.85. The third-order valence-electron chi connectivity index (χ3n) is 5.61. The summed E-state index contributed by atoms with van der Waals surface area (Å²) in [5.41, 5.74) is -0.237.